The van der Waals surface area contributed by atoms with Crippen LogP contribution in [0.15, 0.2) is 24.5 Å². The van der Waals surface area contributed by atoms with Crippen LogP contribution in [0.4, 0.5) is 0 Å². The van der Waals surface area contributed by atoms with Crippen molar-refractivity contribution in [3.8, 4) is 0 Å². The van der Waals surface area contributed by atoms with Gasteiger partial charge >= 0.3 is 5.97 Å². The summed E-state index contributed by atoms with van der Waals surface area (Å²) in [4.78, 5) is 14.5. The van der Waals surface area contributed by atoms with Gasteiger partial charge in [0.25, 0.3) is 0 Å². The number of hydrogen-bond donors (Lipinski definition) is 2. The largest absolute Gasteiger partial charge is 0.481 e. The first-order valence-corrected chi connectivity index (χ1v) is 7.48. The highest BCUT2D eigenvalue weighted by molar-refractivity contribution is 7.89. The van der Waals surface area contributed by atoms with E-state index in [0.29, 0.717) is 6.42 Å². The monoisotopic (exact) mass is 286 g/mol. The average molecular weight is 286 g/mol. The van der Waals surface area contributed by atoms with Crippen LogP contribution >= 0.6 is 0 Å². The van der Waals surface area contributed by atoms with Gasteiger partial charge in [0.05, 0.1) is 12.2 Å². The molecule has 6 nitrogen and oxygen atoms in total. The Kier molecular flexibility index (Phi) is 5.02. The number of rotatable bonds is 7. The molecule has 1 rings (SSSR count). The molecule has 7 heteroatoms. The molecule has 0 spiro atoms. The molecule has 19 heavy (non-hydrogen) atoms. The lowest BCUT2D eigenvalue weighted by atomic mass is 10.0. The Morgan fingerprint density at radius 2 is 1.95 bits per heavy atom. The molecular weight excluding hydrogens is 268 g/mol. The van der Waals surface area contributed by atoms with E-state index in [1.165, 1.54) is 0 Å². The predicted octanol–water partition coefficient (Wildman–Crippen LogP) is 0.797. The zero-order valence-electron chi connectivity index (χ0n) is 11.0. The molecular formula is C12H18N2O4S. The van der Waals surface area contributed by atoms with E-state index in [1.54, 1.807) is 38.4 Å². The molecule has 1 heterocycles. The maximum Gasteiger partial charge on any atom is 0.305 e. The van der Waals surface area contributed by atoms with E-state index < -0.39 is 21.5 Å². The molecule has 1 aromatic heterocycles. The number of hydrogen-bond acceptors (Lipinski definition) is 4. The minimum atomic E-state index is -3.52. The summed E-state index contributed by atoms with van der Waals surface area (Å²) in [5.74, 6) is -1.12. The topological polar surface area (TPSA) is 96.4 Å². The number of aryl methyl sites for hydroxylation is 1. The van der Waals surface area contributed by atoms with Crippen LogP contribution in [-0.4, -0.2) is 35.8 Å². The van der Waals surface area contributed by atoms with Crippen LogP contribution in [0.2, 0.25) is 0 Å². The van der Waals surface area contributed by atoms with Gasteiger partial charge in [-0.3, -0.25) is 9.78 Å². The molecule has 2 N–H and O–H groups in total. The quantitative estimate of drug-likeness (QED) is 0.772. The summed E-state index contributed by atoms with van der Waals surface area (Å²) >= 11 is 0. The molecule has 0 radical (unpaired) electrons. The summed E-state index contributed by atoms with van der Waals surface area (Å²) in [6, 6.07) is 3.50. The average Bonchev–Trinajstić information content (AvgIpc) is 2.24. The first-order valence-electron chi connectivity index (χ1n) is 5.82. The van der Waals surface area contributed by atoms with Crippen molar-refractivity contribution < 1.29 is 18.3 Å². The lowest BCUT2D eigenvalue weighted by molar-refractivity contribution is -0.138. The van der Waals surface area contributed by atoms with E-state index in [4.69, 9.17) is 5.11 Å². The highest BCUT2D eigenvalue weighted by Crippen LogP contribution is 2.11. The number of aliphatic carboxylic acids is 1. The minimum absolute atomic E-state index is 0.0833. The third-order valence-corrected chi connectivity index (χ3v) is 4.04. The van der Waals surface area contributed by atoms with Gasteiger partial charge < -0.3 is 5.11 Å². The fourth-order valence-electron chi connectivity index (χ4n) is 1.69. The van der Waals surface area contributed by atoms with Gasteiger partial charge in [0.1, 0.15) is 0 Å². The number of aromatic nitrogens is 1. The van der Waals surface area contributed by atoms with E-state index in [0.717, 1.165) is 5.56 Å². The Morgan fingerprint density at radius 3 is 2.47 bits per heavy atom. The SMILES string of the molecule is CC(C)(CC(=O)O)NS(=O)(=O)CCc1ccncc1. The molecule has 0 saturated heterocycles. The third-order valence-electron chi connectivity index (χ3n) is 2.43. The molecule has 0 unspecified atom stereocenters. The van der Waals surface area contributed by atoms with Crippen molar-refractivity contribution in [3.63, 3.8) is 0 Å². The summed E-state index contributed by atoms with van der Waals surface area (Å²) in [6.07, 6.45) is 3.30. The molecule has 0 aromatic carbocycles. The number of carbonyl (C=O) groups is 1. The van der Waals surface area contributed by atoms with Gasteiger partial charge in [0.2, 0.25) is 10.0 Å². The minimum Gasteiger partial charge on any atom is -0.481 e. The van der Waals surface area contributed by atoms with E-state index in [9.17, 15) is 13.2 Å². The van der Waals surface area contributed by atoms with Gasteiger partial charge in [0, 0.05) is 17.9 Å². The molecule has 0 saturated carbocycles. The Hall–Kier alpha value is -1.47. The first-order chi connectivity index (χ1) is 8.70. The van der Waals surface area contributed by atoms with Crippen LogP contribution in [0.1, 0.15) is 25.8 Å². The van der Waals surface area contributed by atoms with E-state index in [1.807, 2.05) is 0 Å². The Balaban J connectivity index is 2.59. The standard InChI is InChI=1S/C12H18N2O4S/c1-12(2,9-11(15)16)14-19(17,18)8-5-10-3-6-13-7-4-10/h3-4,6-7,14H,5,8-9H2,1-2H3,(H,15,16). The van der Waals surface area contributed by atoms with Crippen molar-refractivity contribution in [2.24, 2.45) is 0 Å². The number of pyridine rings is 1. The van der Waals surface area contributed by atoms with Gasteiger partial charge in [-0.05, 0) is 38.0 Å². The summed E-state index contributed by atoms with van der Waals surface area (Å²) in [6.45, 7) is 3.09. The van der Waals surface area contributed by atoms with Gasteiger partial charge in [0.15, 0.2) is 0 Å². The normalized spacial score (nSPS) is 12.3. The van der Waals surface area contributed by atoms with Crippen LogP contribution < -0.4 is 4.72 Å². The van der Waals surface area contributed by atoms with Crippen molar-refractivity contribution in [3.05, 3.63) is 30.1 Å². The number of carboxylic acids is 1. The maximum atomic E-state index is 11.9. The van der Waals surface area contributed by atoms with Crippen molar-refractivity contribution in [2.75, 3.05) is 5.75 Å². The maximum absolute atomic E-state index is 11.9. The summed E-state index contributed by atoms with van der Waals surface area (Å²) < 4.78 is 26.2. The molecule has 0 atom stereocenters. The Bertz CT molecular complexity index is 526. The highest BCUT2D eigenvalue weighted by atomic mass is 32.2. The van der Waals surface area contributed by atoms with Crippen molar-refractivity contribution >= 4 is 16.0 Å². The smallest absolute Gasteiger partial charge is 0.305 e. The summed E-state index contributed by atoms with van der Waals surface area (Å²) in [7, 11) is -3.52. The third kappa shape index (κ3) is 6.30. The molecule has 0 aliphatic heterocycles. The lowest BCUT2D eigenvalue weighted by Gasteiger charge is -2.23. The van der Waals surface area contributed by atoms with Crippen LogP contribution in [0.25, 0.3) is 0 Å². The van der Waals surface area contributed by atoms with Crippen LogP contribution in [0, 0.1) is 0 Å². The van der Waals surface area contributed by atoms with Crippen molar-refractivity contribution in [1.29, 1.82) is 0 Å². The molecule has 0 fully saturated rings. The van der Waals surface area contributed by atoms with Crippen LogP contribution in [-0.2, 0) is 21.2 Å². The van der Waals surface area contributed by atoms with Crippen molar-refractivity contribution in [2.45, 2.75) is 32.2 Å². The number of carboxylic acid groups (broad SMARTS) is 1. The van der Waals surface area contributed by atoms with E-state index in [-0.39, 0.29) is 12.2 Å². The zero-order valence-corrected chi connectivity index (χ0v) is 11.8. The number of nitrogens with one attached hydrogen (secondary N) is 1. The number of sulfonamides is 1. The first kappa shape index (κ1) is 15.6. The summed E-state index contributed by atoms with van der Waals surface area (Å²) in [5, 5.41) is 8.71. The molecule has 1 aromatic rings. The second kappa shape index (κ2) is 6.12. The highest BCUT2D eigenvalue weighted by Gasteiger charge is 2.27. The van der Waals surface area contributed by atoms with Gasteiger partial charge in [-0.1, -0.05) is 0 Å². The van der Waals surface area contributed by atoms with Gasteiger partial charge in [-0.15, -0.1) is 0 Å². The Morgan fingerprint density at radius 1 is 1.37 bits per heavy atom. The van der Waals surface area contributed by atoms with Crippen LogP contribution in [0.5, 0.6) is 0 Å². The predicted molar refractivity (Wildman–Crippen MR) is 71.2 cm³/mol. The zero-order chi connectivity index (χ0) is 14.5. The second-order valence-electron chi connectivity index (χ2n) is 4.98. The van der Waals surface area contributed by atoms with E-state index >= 15 is 0 Å². The van der Waals surface area contributed by atoms with Crippen molar-refractivity contribution in [1.82, 2.24) is 9.71 Å². The second-order valence-corrected chi connectivity index (χ2v) is 6.82. The van der Waals surface area contributed by atoms with Gasteiger partial charge in [-0.2, -0.15) is 0 Å². The number of nitrogens with zero attached hydrogens (tertiary/aromatic N) is 1. The fourth-order valence-corrected chi connectivity index (χ4v) is 3.21. The summed E-state index contributed by atoms with van der Waals surface area (Å²) in [5.41, 5.74) is -0.125. The molecule has 0 bridgehead atoms. The van der Waals surface area contributed by atoms with Gasteiger partial charge in [-0.25, -0.2) is 13.1 Å². The lowest BCUT2D eigenvalue weighted by Crippen LogP contribution is -2.46. The molecule has 106 valence electrons. The van der Waals surface area contributed by atoms with E-state index in [2.05, 4.69) is 9.71 Å². The molecule has 0 amide bonds. The Labute approximate surface area is 112 Å². The molecule has 0 aliphatic rings. The molecule has 0 aliphatic carbocycles. The van der Waals surface area contributed by atoms with Crippen LogP contribution in [0.3, 0.4) is 0 Å². The fraction of sp³-hybridized carbons (Fsp3) is 0.500.